The molecule has 1 aromatic heterocycles. The standard InChI is InChI=1S/C18H17N5O/c1-11-3-5-12(6-4-11)16-17(19-2)22-18(24)23(16)13-7-8-14-15(9-13)21-10-20-14/h3-10,16H,1-2H3,(H,20,21)(H,19,22,24). The second-order valence-electron chi connectivity index (χ2n) is 5.83. The van der Waals surface area contributed by atoms with Crippen LogP contribution in [-0.2, 0) is 0 Å². The molecule has 0 radical (unpaired) electrons. The summed E-state index contributed by atoms with van der Waals surface area (Å²) in [7, 11) is 1.69. The predicted molar refractivity (Wildman–Crippen MR) is 94.4 cm³/mol. The summed E-state index contributed by atoms with van der Waals surface area (Å²) in [6, 6.07) is 13.5. The number of nitrogens with zero attached hydrogens (tertiary/aromatic N) is 3. The van der Waals surface area contributed by atoms with Crippen LogP contribution in [0.5, 0.6) is 0 Å². The summed E-state index contributed by atoms with van der Waals surface area (Å²) in [6.07, 6.45) is 1.65. The number of aliphatic imine (C=N–C) groups is 1. The Bertz CT molecular complexity index is 941. The van der Waals surface area contributed by atoms with Crippen molar-refractivity contribution >= 4 is 28.6 Å². The van der Waals surface area contributed by atoms with Crippen molar-refractivity contribution in [3.63, 3.8) is 0 Å². The van der Waals surface area contributed by atoms with E-state index >= 15 is 0 Å². The summed E-state index contributed by atoms with van der Waals surface area (Å²) >= 11 is 0. The minimum Gasteiger partial charge on any atom is -0.345 e. The molecule has 24 heavy (non-hydrogen) atoms. The van der Waals surface area contributed by atoms with Gasteiger partial charge in [-0.3, -0.25) is 15.2 Å². The fourth-order valence-electron chi connectivity index (χ4n) is 3.05. The smallest absolute Gasteiger partial charge is 0.328 e. The largest absolute Gasteiger partial charge is 0.345 e. The molecule has 1 unspecified atom stereocenters. The molecule has 1 atom stereocenters. The fourth-order valence-corrected chi connectivity index (χ4v) is 3.05. The van der Waals surface area contributed by atoms with Crippen LogP contribution in [0, 0.1) is 6.92 Å². The van der Waals surface area contributed by atoms with Gasteiger partial charge in [-0.2, -0.15) is 0 Å². The second kappa shape index (κ2) is 5.49. The minimum absolute atomic E-state index is 0.184. The van der Waals surface area contributed by atoms with Crippen molar-refractivity contribution in [2.24, 2.45) is 4.99 Å². The zero-order valence-electron chi connectivity index (χ0n) is 13.4. The minimum atomic E-state index is -0.264. The zero-order valence-corrected chi connectivity index (χ0v) is 13.4. The van der Waals surface area contributed by atoms with Crippen molar-refractivity contribution in [3.05, 3.63) is 59.9 Å². The van der Waals surface area contributed by atoms with E-state index in [1.54, 1.807) is 18.3 Å². The number of aromatic nitrogens is 2. The van der Waals surface area contributed by atoms with Crippen LogP contribution in [0.15, 0.2) is 53.8 Å². The molecule has 6 heteroatoms. The molecule has 1 saturated heterocycles. The van der Waals surface area contributed by atoms with Crippen LogP contribution in [0.3, 0.4) is 0 Å². The number of aromatic amines is 1. The number of imidazole rings is 1. The summed E-state index contributed by atoms with van der Waals surface area (Å²) in [6.45, 7) is 2.04. The van der Waals surface area contributed by atoms with Gasteiger partial charge in [0, 0.05) is 12.7 Å². The number of amides is 2. The second-order valence-corrected chi connectivity index (χ2v) is 5.83. The average molecular weight is 319 g/mol. The van der Waals surface area contributed by atoms with Gasteiger partial charge in [0.15, 0.2) is 0 Å². The first kappa shape index (κ1) is 14.4. The number of hydrogen-bond donors (Lipinski definition) is 2. The normalized spacial score (nSPS) is 19.2. The third kappa shape index (κ3) is 2.23. The first-order valence-electron chi connectivity index (χ1n) is 7.74. The van der Waals surface area contributed by atoms with Gasteiger partial charge in [-0.25, -0.2) is 9.78 Å². The summed E-state index contributed by atoms with van der Waals surface area (Å²) in [5.41, 5.74) is 4.74. The predicted octanol–water partition coefficient (Wildman–Crippen LogP) is 3.17. The van der Waals surface area contributed by atoms with Crippen molar-refractivity contribution in [2.45, 2.75) is 13.0 Å². The van der Waals surface area contributed by atoms with Crippen LogP contribution in [0.2, 0.25) is 0 Å². The van der Waals surface area contributed by atoms with Crippen molar-refractivity contribution < 1.29 is 4.79 Å². The van der Waals surface area contributed by atoms with Crippen molar-refractivity contribution in [1.29, 1.82) is 0 Å². The van der Waals surface area contributed by atoms with E-state index in [0.717, 1.165) is 22.3 Å². The molecule has 1 fully saturated rings. The molecule has 3 aromatic rings. The number of benzene rings is 2. The Morgan fingerprint density at radius 3 is 2.71 bits per heavy atom. The van der Waals surface area contributed by atoms with Crippen molar-refractivity contribution in [2.75, 3.05) is 11.9 Å². The number of fused-ring (bicyclic) bond motifs is 1. The van der Waals surface area contributed by atoms with Gasteiger partial charge in [-0.05, 0) is 30.7 Å². The topological polar surface area (TPSA) is 73.4 Å². The molecule has 2 N–H and O–H groups in total. The van der Waals surface area contributed by atoms with E-state index in [9.17, 15) is 4.79 Å². The Kier molecular flexibility index (Phi) is 3.30. The molecule has 120 valence electrons. The van der Waals surface area contributed by atoms with Crippen molar-refractivity contribution in [3.8, 4) is 0 Å². The Hall–Kier alpha value is -3.15. The molecular formula is C18H17N5O. The number of hydrogen-bond acceptors (Lipinski definition) is 3. The number of anilines is 1. The Morgan fingerprint density at radius 2 is 1.96 bits per heavy atom. The van der Waals surface area contributed by atoms with Crippen LogP contribution in [0.1, 0.15) is 17.2 Å². The molecule has 0 spiro atoms. The van der Waals surface area contributed by atoms with Crippen molar-refractivity contribution in [1.82, 2.24) is 15.3 Å². The average Bonchev–Trinajstić information content (AvgIpc) is 3.18. The number of aryl methyl sites for hydroxylation is 1. The van der Waals surface area contributed by atoms with E-state index in [1.165, 1.54) is 5.56 Å². The highest BCUT2D eigenvalue weighted by Gasteiger charge is 2.38. The Labute approximate surface area is 139 Å². The number of carbonyl (C=O) groups is 1. The zero-order chi connectivity index (χ0) is 16.7. The lowest BCUT2D eigenvalue weighted by Crippen LogP contribution is -2.29. The molecule has 4 rings (SSSR count). The van der Waals surface area contributed by atoms with Gasteiger partial charge >= 0.3 is 6.03 Å². The van der Waals surface area contributed by atoms with Crippen LogP contribution in [0.4, 0.5) is 10.5 Å². The van der Waals surface area contributed by atoms with E-state index in [-0.39, 0.29) is 12.1 Å². The highest BCUT2D eigenvalue weighted by molar-refractivity contribution is 6.16. The van der Waals surface area contributed by atoms with Gasteiger partial charge in [0.05, 0.1) is 17.4 Å². The van der Waals surface area contributed by atoms with Gasteiger partial charge in [0.25, 0.3) is 0 Å². The van der Waals surface area contributed by atoms with E-state index < -0.39 is 0 Å². The fraction of sp³-hybridized carbons (Fsp3) is 0.167. The van der Waals surface area contributed by atoms with Crippen LogP contribution < -0.4 is 10.2 Å². The molecule has 2 heterocycles. The molecule has 6 nitrogen and oxygen atoms in total. The highest BCUT2D eigenvalue weighted by Crippen LogP contribution is 2.33. The molecule has 0 aliphatic carbocycles. The van der Waals surface area contributed by atoms with Gasteiger partial charge in [-0.1, -0.05) is 29.8 Å². The monoisotopic (exact) mass is 319 g/mol. The molecule has 0 bridgehead atoms. The molecule has 2 aromatic carbocycles. The van der Waals surface area contributed by atoms with E-state index in [0.29, 0.717) is 5.84 Å². The SMILES string of the molecule is C/N=C1/NC(=O)N(c2ccc3[nH]cnc3c2)C1c1ccc(C)cc1. The van der Waals surface area contributed by atoms with Crippen LogP contribution in [-0.4, -0.2) is 28.9 Å². The lowest BCUT2D eigenvalue weighted by molar-refractivity contribution is 0.252. The van der Waals surface area contributed by atoms with Gasteiger partial charge in [-0.15, -0.1) is 0 Å². The van der Waals surface area contributed by atoms with Gasteiger partial charge < -0.3 is 4.98 Å². The third-order valence-corrected chi connectivity index (χ3v) is 4.29. The van der Waals surface area contributed by atoms with Gasteiger partial charge in [0.2, 0.25) is 0 Å². The number of nitrogens with one attached hydrogen (secondary N) is 2. The lowest BCUT2D eigenvalue weighted by atomic mass is 10.0. The first-order valence-corrected chi connectivity index (χ1v) is 7.74. The van der Waals surface area contributed by atoms with E-state index in [1.807, 2.05) is 49.4 Å². The molecule has 2 amide bonds. The number of rotatable bonds is 2. The quantitative estimate of drug-likeness (QED) is 0.761. The maximum atomic E-state index is 12.6. The van der Waals surface area contributed by atoms with E-state index in [2.05, 4.69) is 20.3 Å². The lowest BCUT2D eigenvalue weighted by Gasteiger charge is -2.23. The summed E-state index contributed by atoms with van der Waals surface area (Å²) in [5, 5.41) is 2.87. The Balaban J connectivity index is 1.83. The number of amidine groups is 1. The number of carbonyl (C=O) groups excluding carboxylic acids is 1. The molecule has 0 saturated carbocycles. The molecular weight excluding hydrogens is 302 g/mol. The Morgan fingerprint density at radius 1 is 1.17 bits per heavy atom. The molecule has 1 aliphatic rings. The van der Waals surface area contributed by atoms with Crippen LogP contribution in [0.25, 0.3) is 11.0 Å². The third-order valence-electron chi connectivity index (χ3n) is 4.29. The van der Waals surface area contributed by atoms with E-state index in [4.69, 9.17) is 0 Å². The van der Waals surface area contributed by atoms with Gasteiger partial charge in [0.1, 0.15) is 11.9 Å². The van der Waals surface area contributed by atoms with Crippen LogP contribution >= 0.6 is 0 Å². The molecule has 1 aliphatic heterocycles. The summed E-state index contributed by atoms with van der Waals surface area (Å²) in [5.74, 6) is 0.644. The first-order chi connectivity index (χ1) is 11.7. The maximum absolute atomic E-state index is 12.6. The highest BCUT2D eigenvalue weighted by atomic mass is 16.2. The number of urea groups is 1. The number of H-pyrrole nitrogens is 1. The summed E-state index contributed by atoms with van der Waals surface area (Å²) < 4.78 is 0. The summed E-state index contributed by atoms with van der Waals surface area (Å²) in [4.78, 5) is 25.9. The maximum Gasteiger partial charge on any atom is 0.328 e.